The summed E-state index contributed by atoms with van der Waals surface area (Å²) in [6, 6.07) is 0.224. The van der Waals surface area contributed by atoms with Crippen LogP contribution in [0.15, 0.2) is 0 Å². The molecule has 0 spiro atoms. The molecule has 0 radical (unpaired) electrons. The Morgan fingerprint density at radius 3 is 2.15 bits per heavy atom. The molecule has 0 atom stereocenters. The normalized spacial score (nSPS) is 10.8. The van der Waals surface area contributed by atoms with Crippen LogP contribution in [0.1, 0.15) is 13.8 Å². The maximum Gasteiger partial charge on any atom is 0.323 e. The zero-order valence-corrected chi connectivity index (χ0v) is 12.5. The SMILES string of the molecule is COCCN(CCOC)c1nc(N)nc(OC(C)C)n1. The predicted molar refractivity (Wildman–Crippen MR) is 76.0 cm³/mol. The molecule has 0 aromatic carbocycles. The minimum Gasteiger partial charge on any atom is -0.461 e. The molecule has 1 aromatic rings. The lowest BCUT2D eigenvalue weighted by molar-refractivity contribution is 0.189. The summed E-state index contributed by atoms with van der Waals surface area (Å²) in [6.45, 7) is 6.15. The fourth-order valence-electron chi connectivity index (χ4n) is 1.48. The largest absolute Gasteiger partial charge is 0.461 e. The first-order chi connectivity index (χ1) is 9.56. The maximum absolute atomic E-state index is 5.70. The Hall–Kier alpha value is -1.67. The minimum absolute atomic E-state index is 0.0314. The van der Waals surface area contributed by atoms with Crippen molar-refractivity contribution < 1.29 is 14.2 Å². The molecule has 0 aliphatic rings. The molecule has 0 aliphatic carbocycles. The number of aromatic nitrogens is 3. The monoisotopic (exact) mass is 285 g/mol. The van der Waals surface area contributed by atoms with E-state index in [-0.39, 0.29) is 18.1 Å². The van der Waals surface area contributed by atoms with Gasteiger partial charge in [-0.2, -0.15) is 15.0 Å². The molecule has 1 rings (SSSR count). The zero-order valence-electron chi connectivity index (χ0n) is 12.5. The highest BCUT2D eigenvalue weighted by atomic mass is 16.5. The van der Waals surface area contributed by atoms with Gasteiger partial charge in [0.05, 0.1) is 19.3 Å². The van der Waals surface area contributed by atoms with Gasteiger partial charge in [0.1, 0.15) is 0 Å². The van der Waals surface area contributed by atoms with E-state index >= 15 is 0 Å². The smallest absolute Gasteiger partial charge is 0.323 e. The zero-order chi connectivity index (χ0) is 15.0. The molecule has 2 N–H and O–H groups in total. The molecule has 20 heavy (non-hydrogen) atoms. The standard InChI is InChI=1S/C12H23N5O3/c1-9(2)20-12-15-10(13)14-11(16-12)17(5-7-18-3)6-8-19-4/h9H,5-8H2,1-4H3,(H2,13,14,15,16). The number of hydrogen-bond acceptors (Lipinski definition) is 8. The van der Waals surface area contributed by atoms with Crippen LogP contribution in [0.3, 0.4) is 0 Å². The molecule has 8 nitrogen and oxygen atoms in total. The Morgan fingerprint density at radius 2 is 1.65 bits per heavy atom. The highest BCUT2D eigenvalue weighted by Gasteiger charge is 2.14. The average Bonchev–Trinajstić information content (AvgIpc) is 2.37. The van der Waals surface area contributed by atoms with Crippen LogP contribution < -0.4 is 15.4 Å². The first-order valence-electron chi connectivity index (χ1n) is 6.47. The van der Waals surface area contributed by atoms with Gasteiger partial charge in [-0.3, -0.25) is 0 Å². The molecule has 0 saturated carbocycles. The van der Waals surface area contributed by atoms with Gasteiger partial charge in [-0.05, 0) is 13.8 Å². The van der Waals surface area contributed by atoms with E-state index in [0.717, 1.165) is 0 Å². The van der Waals surface area contributed by atoms with Crippen LogP contribution in [0.2, 0.25) is 0 Å². The van der Waals surface area contributed by atoms with Crippen molar-refractivity contribution in [3.8, 4) is 6.01 Å². The molecule has 0 unspecified atom stereocenters. The van der Waals surface area contributed by atoms with Gasteiger partial charge >= 0.3 is 6.01 Å². The average molecular weight is 285 g/mol. The maximum atomic E-state index is 5.70. The lowest BCUT2D eigenvalue weighted by atomic mass is 10.5. The summed E-state index contributed by atoms with van der Waals surface area (Å²) in [7, 11) is 3.28. The topological polar surface area (TPSA) is 95.6 Å². The molecule has 8 heteroatoms. The summed E-state index contributed by atoms with van der Waals surface area (Å²) < 4.78 is 15.6. The van der Waals surface area contributed by atoms with Crippen LogP contribution in [0.4, 0.5) is 11.9 Å². The lowest BCUT2D eigenvalue weighted by Crippen LogP contribution is -2.32. The summed E-state index contributed by atoms with van der Waals surface area (Å²) in [5, 5.41) is 0. The number of methoxy groups -OCH3 is 2. The van der Waals surface area contributed by atoms with E-state index in [2.05, 4.69) is 15.0 Å². The van der Waals surface area contributed by atoms with E-state index in [0.29, 0.717) is 32.3 Å². The van der Waals surface area contributed by atoms with Crippen molar-refractivity contribution in [3.05, 3.63) is 0 Å². The van der Waals surface area contributed by atoms with Gasteiger partial charge in [0.25, 0.3) is 0 Å². The summed E-state index contributed by atoms with van der Waals surface area (Å²) in [5.74, 6) is 0.590. The van der Waals surface area contributed by atoms with Crippen molar-refractivity contribution in [2.75, 3.05) is 51.2 Å². The molecule has 0 fully saturated rings. The highest BCUT2D eigenvalue weighted by Crippen LogP contribution is 2.14. The van der Waals surface area contributed by atoms with Crippen molar-refractivity contribution in [1.82, 2.24) is 15.0 Å². The van der Waals surface area contributed by atoms with Crippen LogP contribution in [-0.4, -0.2) is 61.6 Å². The molecule has 0 bridgehead atoms. The quantitative estimate of drug-likeness (QED) is 0.694. The van der Waals surface area contributed by atoms with E-state index in [1.807, 2.05) is 18.7 Å². The van der Waals surface area contributed by atoms with Gasteiger partial charge in [-0.15, -0.1) is 0 Å². The van der Waals surface area contributed by atoms with Crippen molar-refractivity contribution in [2.45, 2.75) is 20.0 Å². The van der Waals surface area contributed by atoms with Crippen LogP contribution in [0.25, 0.3) is 0 Å². The predicted octanol–water partition coefficient (Wildman–Crippen LogP) is 0.340. The number of nitrogens with zero attached hydrogens (tertiary/aromatic N) is 4. The number of anilines is 2. The number of hydrogen-bond donors (Lipinski definition) is 1. The Kier molecular flexibility index (Phi) is 6.96. The first kappa shape index (κ1) is 16.4. The van der Waals surface area contributed by atoms with Crippen molar-refractivity contribution in [3.63, 3.8) is 0 Å². The number of nitrogen functional groups attached to an aromatic ring is 1. The van der Waals surface area contributed by atoms with Crippen LogP contribution in [-0.2, 0) is 9.47 Å². The fourth-order valence-corrected chi connectivity index (χ4v) is 1.48. The van der Waals surface area contributed by atoms with E-state index in [9.17, 15) is 0 Å². The van der Waals surface area contributed by atoms with E-state index in [1.54, 1.807) is 14.2 Å². The second-order valence-electron chi connectivity index (χ2n) is 4.42. The first-order valence-corrected chi connectivity index (χ1v) is 6.47. The van der Waals surface area contributed by atoms with Crippen molar-refractivity contribution >= 4 is 11.9 Å². The van der Waals surface area contributed by atoms with E-state index in [4.69, 9.17) is 19.9 Å². The van der Waals surface area contributed by atoms with Gasteiger partial charge in [0.2, 0.25) is 11.9 Å². The van der Waals surface area contributed by atoms with Crippen LogP contribution >= 0.6 is 0 Å². The Morgan fingerprint density at radius 1 is 1.05 bits per heavy atom. The van der Waals surface area contributed by atoms with Crippen molar-refractivity contribution in [1.29, 1.82) is 0 Å². The van der Waals surface area contributed by atoms with E-state index < -0.39 is 0 Å². The molecular weight excluding hydrogens is 262 g/mol. The fraction of sp³-hybridized carbons (Fsp3) is 0.750. The molecule has 0 saturated heterocycles. The minimum atomic E-state index is -0.0314. The lowest BCUT2D eigenvalue weighted by Gasteiger charge is -2.22. The number of rotatable bonds is 9. The Labute approximate surface area is 119 Å². The number of nitrogens with two attached hydrogens (primary N) is 1. The van der Waals surface area contributed by atoms with Crippen LogP contribution in [0, 0.1) is 0 Å². The van der Waals surface area contributed by atoms with Gasteiger partial charge < -0.3 is 24.8 Å². The second-order valence-corrected chi connectivity index (χ2v) is 4.42. The summed E-state index contributed by atoms with van der Waals surface area (Å²) >= 11 is 0. The summed E-state index contributed by atoms with van der Waals surface area (Å²) in [5.41, 5.74) is 5.70. The summed E-state index contributed by atoms with van der Waals surface area (Å²) in [6.07, 6.45) is -0.0314. The number of ether oxygens (including phenoxy) is 3. The molecular formula is C12H23N5O3. The van der Waals surface area contributed by atoms with Crippen LogP contribution in [0.5, 0.6) is 6.01 Å². The van der Waals surface area contributed by atoms with Gasteiger partial charge in [-0.1, -0.05) is 0 Å². The molecule has 1 aromatic heterocycles. The molecule has 0 amide bonds. The summed E-state index contributed by atoms with van der Waals surface area (Å²) in [4.78, 5) is 14.3. The molecule has 114 valence electrons. The van der Waals surface area contributed by atoms with E-state index in [1.165, 1.54) is 0 Å². The molecule has 0 aliphatic heterocycles. The van der Waals surface area contributed by atoms with Gasteiger partial charge in [0.15, 0.2) is 0 Å². The molecule has 1 heterocycles. The van der Waals surface area contributed by atoms with Gasteiger partial charge in [-0.25, -0.2) is 0 Å². The third-order valence-electron chi connectivity index (χ3n) is 2.37. The Balaban J connectivity index is 2.89. The van der Waals surface area contributed by atoms with Gasteiger partial charge in [0, 0.05) is 27.3 Å². The second kappa shape index (κ2) is 8.49. The third kappa shape index (κ3) is 5.54. The Bertz CT molecular complexity index is 395. The highest BCUT2D eigenvalue weighted by molar-refractivity contribution is 5.35. The van der Waals surface area contributed by atoms with Crippen molar-refractivity contribution in [2.24, 2.45) is 0 Å². The third-order valence-corrected chi connectivity index (χ3v) is 2.37.